The minimum absolute atomic E-state index is 0.118. The zero-order valence-electron chi connectivity index (χ0n) is 10.7. The predicted molar refractivity (Wildman–Crippen MR) is 72.0 cm³/mol. The van der Waals surface area contributed by atoms with Crippen molar-refractivity contribution in [3.05, 3.63) is 64.3 Å². The molecule has 2 heterocycles. The van der Waals surface area contributed by atoms with Gasteiger partial charge in [-0.3, -0.25) is 14.6 Å². The molecule has 2 rings (SSSR count). The number of pyridine rings is 2. The molecule has 0 fully saturated rings. The third-order valence-electron chi connectivity index (χ3n) is 2.81. The molecular weight excluding hydrogens is 242 g/mol. The maximum Gasteiger partial charge on any atom is 0.255 e. The minimum Gasteiger partial charge on any atom is -0.341 e. The number of hydrogen-bond acceptors (Lipinski definition) is 3. The quantitative estimate of drug-likeness (QED) is 0.891. The van der Waals surface area contributed by atoms with Gasteiger partial charge in [-0.15, -0.1) is 0 Å². The second-order valence-electron chi connectivity index (χ2n) is 4.24. The molecule has 5 heteroatoms. The van der Waals surface area contributed by atoms with Gasteiger partial charge in [-0.1, -0.05) is 6.07 Å². The lowest BCUT2D eigenvalue weighted by Crippen LogP contribution is -2.29. The number of aromatic amines is 1. The first-order chi connectivity index (χ1) is 9.16. The van der Waals surface area contributed by atoms with Crippen LogP contribution in [0.5, 0.6) is 0 Å². The Balaban J connectivity index is 1.96. The number of nitrogens with zero attached hydrogens (tertiary/aromatic N) is 2. The van der Waals surface area contributed by atoms with Crippen LogP contribution in [-0.2, 0) is 6.42 Å². The van der Waals surface area contributed by atoms with Gasteiger partial charge in [0.15, 0.2) is 0 Å². The molecule has 0 aromatic carbocycles. The van der Waals surface area contributed by atoms with Crippen LogP contribution < -0.4 is 5.56 Å². The SMILES string of the molecule is CN(CCc1ccccn1)C(=O)c1ccc(=O)[nH]c1. The molecule has 0 saturated heterocycles. The van der Waals surface area contributed by atoms with E-state index in [0.29, 0.717) is 18.5 Å². The van der Waals surface area contributed by atoms with Crippen LogP contribution in [0.2, 0.25) is 0 Å². The molecule has 0 unspecified atom stereocenters. The van der Waals surface area contributed by atoms with Crippen LogP contribution in [0.3, 0.4) is 0 Å². The summed E-state index contributed by atoms with van der Waals surface area (Å²) in [5, 5.41) is 0. The van der Waals surface area contributed by atoms with Crippen LogP contribution in [0, 0.1) is 0 Å². The summed E-state index contributed by atoms with van der Waals surface area (Å²) < 4.78 is 0. The summed E-state index contributed by atoms with van der Waals surface area (Å²) in [7, 11) is 1.73. The van der Waals surface area contributed by atoms with Gasteiger partial charge in [0.2, 0.25) is 5.56 Å². The summed E-state index contributed by atoms with van der Waals surface area (Å²) in [5.41, 5.74) is 1.21. The lowest BCUT2D eigenvalue weighted by molar-refractivity contribution is 0.0796. The number of rotatable bonds is 4. The average Bonchev–Trinajstić information content (AvgIpc) is 2.46. The van der Waals surface area contributed by atoms with Gasteiger partial charge < -0.3 is 9.88 Å². The van der Waals surface area contributed by atoms with E-state index in [4.69, 9.17) is 0 Å². The summed E-state index contributed by atoms with van der Waals surface area (Å²) in [4.78, 5) is 31.3. The number of aromatic nitrogens is 2. The number of carbonyl (C=O) groups excluding carboxylic acids is 1. The maximum atomic E-state index is 12.1. The van der Waals surface area contributed by atoms with Crippen molar-refractivity contribution in [3.63, 3.8) is 0 Å². The maximum absolute atomic E-state index is 12.1. The predicted octanol–water partition coefficient (Wildman–Crippen LogP) is 1.08. The van der Waals surface area contributed by atoms with Crippen molar-refractivity contribution >= 4 is 5.91 Å². The van der Waals surface area contributed by atoms with Crippen LogP contribution in [0.4, 0.5) is 0 Å². The Hall–Kier alpha value is -2.43. The molecule has 5 nitrogen and oxygen atoms in total. The fourth-order valence-corrected chi connectivity index (χ4v) is 1.69. The summed E-state index contributed by atoms with van der Waals surface area (Å²) in [6, 6.07) is 8.58. The van der Waals surface area contributed by atoms with E-state index in [9.17, 15) is 9.59 Å². The van der Waals surface area contributed by atoms with Gasteiger partial charge in [-0.25, -0.2) is 0 Å². The van der Waals surface area contributed by atoms with E-state index < -0.39 is 0 Å². The van der Waals surface area contributed by atoms with E-state index in [1.54, 1.807) is 18.1 Å². The summed E-state index contributed by atoms with van der Waals surface area (Å²) in [5.74, 6) is -0.118. The van der Waals surface area contributed by atoms with Crippen LogP contribution >= 0.6 is 0 Å². The number of carbonyl (C=O) groups is 1. The summed E-state index contributed by atoms with van der Waals surface area (Å²) in [6.07, 6.45) is 3.87. The van der Waals surface area contributed by atoms with Crippen LogP contribution in [0.1, 0.15) is 16.1 Å². The molecule has 0 radical (unpaired) electrons. The zero-order chi connectivity index (χ0) is 13.7. The molecule has 0 bridgehead atoms. The van der Waals surface area contributed by atoms with Gasteiger partial charge in [-0.2, -0.15) is 0 Å². The van der Waals surface area contributed by atoms with Gasteiger partial charge in [0.25, 0.3) is 5.91 Å². The molecular formula is C14H15N3O2. The first-order valence-electron chi connectivity index (χ1n) is 6.01. The third kappa shape index (κ3) is 3.51. The lowest BCUT2D eigenvalue weighted by Gasteiger charge is -2.16. The Bertz CT molecular complexity index is 587. The zero-order valence-corrected chi connectivity index (χ0v) is 10.7. The normalized spacial score (nSPS) is 10.2. The van der Waals surface area contributed by atoms with E-state index in [2.05, 4.69) is 9.97 Å². The Morgan fingerprint density at radius 3 is 2.79 bits per heavy atom. The molecule has 2 aromatic heterocycles. The van der Waals surface area contributed by atoms with Crippen molar-refractivity contribution in [3.8, 4) is 0 Å². The Kier molecular flexibility index (Phi) is 4.07. The Labute approximate surface area is 110 Å². The molecule has 98 valence electrons. The smallest absolute Gasteiger partial charge is 0.255 e. The molecule has 0 saturated carbocycles. The van der Waals surface area contributed by atoms with E-state index in [1.165, 1.54) is 18.3 Å². The fraction of sp³-hybridized carbons (Fsp3) is 0.214. The molecule has 1 amide bonds. The molecule has 1 N–H and O–H groups in total. The Morgan fingerprint density at radius 2 is 2.16 bits per heavy atom. The van der Waals surface area contributed by atoms with Crippen LogP contribution in [-0.4, -0.2) is 34.4 Å². The van der Waals surface area contributed by atoms with E-state index in [-0.39, 0.29) is 11.5 Å². The highest BCUT2D eigenvalue weighted by Gasteiger charge is 2.11. The highest BCUT2D eigenvalue weighted by atomic mass is 16.2. The third-order valence-corrected chi connectivity index (χ3v) is 2.81. The van der Waals surface area contributed by atoms with Crippen molar-refractivity contribution < 1.29 is 4.79 Å². The second kappa shape index (κ2) is 5.95. The van der Waals surface area contributed by atoms with Gasteiger partial charge in [-0.05, 0) is 18.2 Å². The van der Waals surface area contributed by atoms with Gasteiger partial charge in [0, 0.05) is 44.2 Å². The van der Waals surface area contributed by atoms with Crippen molar-refractivity contribution in [1.82, 2.24) is 14.9 Å². The summed E-state index contributed by atoms with van der Waals surface area (Å²) >= 11 is 0. The molecule has 0 atom stereocenters. The van der Waals surface area contributed by atoms with Crippen LogP contribution in [0.15, 0.2) is 47.5 Å². The molecule has 0 aliphatic rings. The molecule has 19 heavy (non-hydrogen) atoms. The highest BCUT2D eigenvalue weighted by molar-refractivity contribution is 5.93. The number of likely N-dealkylation sites (N-methyl/N-ethyl adjacent to an activating group) is 1. The molecule has 0 spiro atoms. The lowest BCUT2D eigenvalue weighted by atomic mass is 10.2. The van der Waals surface area contributed by atoms with Crippen molar-refractivity contribution in [2.75, 3.05) is 13.6 Å². The number of nitrogens with one attached hydrogen (secondary N) is 1. The highest BCUT2D eigenvalue weighted by Crippen LogP contribution is 2.02. The van der Waals surface area contributed by atoms with Gasteiger partial charge in [0.05, 0.1) is 5.56 Å². The minimum atomic E-state index is -0.215. The topological polar surface area (TPSA) is 66.1 Å². The average molecular weight is 257 g/mol. The first-order valence-corrected chi connectivity index (χ1v) is 6.01. The Morgan fingerprint density at radius 1 is 1.32 bits per heavy atom. The van der Waals surface area contributed by atoms with Gasteiger partial charge in [0.1, 0.15) is 0 Å². The van der Waals surface area contributed by atoms with Crippen molar-refractivity contribution in [2.45, 2.75) is 6.42 Å². The van der Waals surface area contributed by atoms with E-state index in [0.717, 1.165) is 5.69 Å². The molecule has 0 aliphatic carbocycles. The summed E-state index contributed by atoms with van der Waals surface area (Å²) in [6.45, 7) is 0.578. The van der Waals surface area contributed by atoms with Crippen molar-refractivity contribution in [2.24, 2.45) is 0 Å². The van der Waals surface area contributed by atoms with Crippen LogP contribution in [0.25, 0.3) is 0 Å². The number of hydrogen-bond donors (Lipinski definition) is 1. The van der Waals surface area contributed by atoms with E-state index >= 15 is 0 Å². The monoisotopic (exact) mass is 257 g/mol. The first kappa shape index (κ1) is 13.0. The molecule has 0 aliphatic heterocycles. The molecule has 2 aromatic rings. The fourth-order valence-electron chi connectivity index (χ4n) is 1.69. The number of amides is 1. The number of H-pyrrole nitrogens is 1. The second-order valence-corrected chi connectivity index (χ2v) is 4.24. The van der Waals surface area contributed by atoms with Gasteiger partial charge >= 0.3 is 0 Å². The standard InChI is InChI=1S/C14H15N3O2/c1-17(9-7-12-4-2-3-8-15-12)14(19)11-5-6-13(18)16-10-11/h2-6,8,10H,7,9H2,1H3,(H,16,18). The largest absolute Gasteiger partial charge is 0.341 e. The van der Waals surface area contributed by atoms with Crippen molar-refractivity contribution in [1.29, 1.82) is 0 Å². The van der Waals surface area contributed by atoms with E-state index in [1.807, 2.05) is 18.2 Å².